The third-order valence-corrected chi connectivity index (χ3v) is 5.86. The van der Waals surface area contributed by atoms with Gasteiger partial charge in [-0.05, 0) is 37.1 Å². The molecule has 8 heteroatoms. The van der Waals surface area contributed by atoms with Gasteiger partial charge in [0.15, 0.2) is 15.7 Å². The molecular weight excluding hydrogens is 302 g/mol. The van der Waals surface area contributed by atoms with Crippen molar-refractivity contribution < 1.29 is 8.42 Å². The largest absolute Gasteiger partial charge is 0.382 e. The molecule has 0 atom stereocenters. The van der Waals surface area contributed by atoms with Crippen LogP contribution in [0.5, 0.6) is 0 Å². The molecule has 1 aliphatic rings. The first-order valence-corrected chi connectivity index (χ1v) is 8.42. The fraction of sp³-hybridized carbons (Fsp3) is 0.357. The molecule has 0 heterocycles. The molecule has 1 aliphatic carbocycles. The van der Waals surface area contributed by atoms with Crippen LogP contribution >= 0.6 is 0 Å². The maximum atomic E-state index is 12.4. The van der Waals surface area contributed by atoms with Gasteiger partial charge in [0, 0.05) is 0 Å². The molecule has 0 amide bonds. The fourth-order valence-electron chi connectivity index (χ4n) is 2.38. The second kappa shape index (κ2) is 6.58. The summed E-state index contributed by atoms with van der Waals surface area (Å²) in [5.41, 5.74) is 8.03. The zero-order chi connectivity index (χ0) is 16.2. The van der Waals surface area contributed by atoms with E-state index in [1.165, 1.54) is 12.1 Å². The van der Waals surface area contributed by atoms with Crippen molar-refractivity contribution in [2.24, 2.45) is 10.8 Å². The van der Waals surface area contributed by atoms with Gasteiger partial charge in [0.1, 0.15) is 6.07 Å². The summed E-state index contributed by atoms with van der Waals surface area (Å²) in [5, 5.41) is 19.3. The number of nitrogens with zero attached hydrogens (tertiary/aromatic N) is 2. The van der Waals surface area contributed by atoms with Crippen LogP contribution in [0.4, 0.5) is 5.69 Å². The van der Waals surface area contributed by atoms with Crippen molar-refractivity contribution in [1.29, 1.82) is 10.7 Å². The minimum atomic E-state index is -3.27. The Morgan fingerprint density at radius 3 is 2.41 bits per heavy atom. The molecule has 0 radical (unpaired) electrons. The van der Waals surface area contributed by atoms with Gasteiger partial charge in [-0.15, -0.1) is 0 Å². The average molecular weight is 319 g/mol. The number of sulfone groups is 1. The number of nitriles is 1. The van der Waals surface area contributed by atoms with Crippen LogP contribution in [0.15, 0.2) is 34.3 Å². The summed E-state index contributed by atoms with van der Waals surface area (Å²) in [6, 6.07) is 7.86. The quantitative estimate of drug-likeness (QED) is 0.431. The summed E-state index contributed by atoms with van der Waals surface area (Å²) in [6.45, 7) is 0. The Morgan fingerprint density at radius 2 is 1.91 bits per heavy atom. The number of benzene rings is 1. The van der Waals surface area contributed by atoms with Crippen molar-refractivity contribution in [1.82, 2.24) is 0 Å². The third kappa shape index (κ3) is 3.43. The normalized spacial score (nSPS) is 16.2. The van der Waals surface area contributed by atoms with E-state index in [0.717, 1.165) is 25.7 Å². The molecule has 0 aromatic heterocycles. The van der Waals surface area contributed by atoms with Crippen molar-refractivity contribution in [3.8, 4) is 6.07 Å². The molecule has 2 rings (SSSR count). The lowest BCUT2D eigenvalue weighted by atomic mass is 10.3. The van der Waals surface area contributed by atoms with Crippen LogP contribution < -0.4 is 11.2 Å². The molecule has 0 spiro atoms. The predicted octanol–water partition coefficient (Wildman–Crippen LogP) is 1.63. The molecule has 1 fully saturated rings. The van der Waals surface area contributed by atoms with Gasteiger partial charge >= 0.3 is 0 Å². The smallest absolute Gasteiger partial charge is 0.201 e. The maximum absolute atomic E-state index is 12.4. The molecule has 0 bridgehead atoms. The number of nitrogens with two attached hydrogens (primary N) is 1. The first kappa shape index (κ1) is 16.0. The van der Waals surface area contributed by atoms with E-state index >= 15 is 0 Å². The van der Waals surface area contributed by atoms with Crippen molar-refractivity contribution in [3.63, 3.8) is 0 Å². The van der Waals surface area contributed by atoms with Gasteiger partial charge in [-0.2, -0.15) is 10.4 Å². The van der Waals surface area contributed by atoms with Gasteiger partial charge in [0.25, 0.3) is 0 Å². The van der Waals surface area contributed by atoms with E-state index in [0.29, 0.717) is 10.6 Å². The van der Waals surface area contributed by atoms with Crippen LogP contribution in [0, 0.1) is 16.7 Å². The molecule has 1 aromatic rings. The molecule has 1 aromatic carbocycles. The van der Waals surface area contributed by atoms with E-state index in [9.17, 15) is 8.42 Å². The predicted molar refractivity (Wildman–Crippen MR) is 84.5 cm³/mol. The van der Waals surface area contributed by atoms with Gasteiger partial charge in [0.05, 0.1) is 15.8 Å². The molecule has 0 aliphatic heterocycles. The Labute approximate surface area is 129 Å². The average Bonchev–Trinajstić information content (AvgIpc) is 3.03. The number of hydrogen-bond donors (Lipinski definition) is 3. The second-order valence-corrected chi connectivity index (χ2v) is 7.30. The molecule has 0 saturated heterocycles. The number of amidine groups is 1. The van der Waals surface area contributed by atoms with E-state index in [4.69, 9.17) is 16.4 Å². The van der Waals surface area contributed by atoms with Crippen LogP contribution in [0.3, 0.4) is 0 Å². The van der Waals surface area contributed by atoms with Crippen molar-refractivity contribution in [3.05, 3.63) is 24.3 Å². The van der Waals surface area contributed by atoms with Crippen molar-refractivity contribution in [2.45, 2.75) is 35.8 Å². The molecule has 22 heavy (non-hydrogen) atoms. The topological polar surface area (TPSA) is 132 Å². The summed E-state index contributed by atoms with van der Waals surface area (Å²) < 4.78 is 24.8. The van der Waals surface area contributed by atoms with E-state index < -0.39 is 15.7 Å². The van der Waals surface area contributed by atoms with Crippen LogP contribution in [0.25, 0.3) is 0 Å². The third-order valence-electron chi connectivity index (χ3n) is 3.58. The van der Waals surface area contributed by atoms with Gasteiger partial charge in [-0.1, -0.05) is 12.8 Å². The van der Waals surface area contributed by atoms with Crippen molar-refractivity contribution in [2.75, 3.05) is 5.43 Å². The first-order chi connectivity index (χ1) is 10.4. The Morgan fingerprint density at radius 1 is 1.32 bits per heavy atom. The van der Waals surface area contributed by atoms with Crippen LogP contribution in [0.2, 0.25) is 0 Å². The maximum Gasteiger partial charge on any atom is 0.201 e. The minimum Gasteiger partial charge on any atom is -0.382 e. The molecule has 0 unspecified atom stereocenters. The second-order valence-electron chi connectivity index (χ2n) is 5.07. The molecular formula is C14H17N5O2S. The van der Waals surface area contributed by atoms with Crippen molar-refractivity contribution >= 4 is 27.1 Å². The number of hydrazone groups is 1. The highest BCUT2D eigenvalue weighted by Crippen LogP contribution is 2.29. The van der Waals surface area contributed by atoms with Crippen LogP contribution in [0.1, 0.15) is 25.7 Å². The Bertz CT molecular complexity index is 725. The highest BCUT2D eigenvalue weighted by molar-refractivity contribution is 7.92. The Balaban J connectivity index is 2.14. The summed E-state index contributed by atoms with van der Waals surface area (Å²) in [4.78, 5) is 0.293. The number of rotatable bonds is 5. The first-order valence-electron chi connectivity index (χ1n) is 6.87. The zero-order valence-corrected chi connectivity index (χ0v) is 12.7. The van der Waals surface area contributed by atoms with Gasteiger partial charge in [-0.3, -0.25) is 10.8 Å². The highest BCUT2D eigenvalue weighted by atomic mass is 32.2. The monoisotopic (exact) mass is 319 g/mol. The van der Waals surface area contributed by atoms with E-state index in [-0.39, 0.29) is 11.0 Å². The van der Waals surface area contributed by atoms with E-state index in [1.54, 1.807) is 18.2 Å². The van der Waals surface area contributed by atoms with Gasteiger partial charge < -0.3 is 5.73 Å². The molecule has 4 N–H and O–H groups in total. The summed E-state index contributed by atoms with van der Waals surface area (Å²) in [7, 11) is -3.27. The van der Waals surface area contributed by atoms with Crippen LogP contribution in [-0.2, 0) is 9.84 Å². The van der Waals surface area contributed by atoms with Gasteiger partial charge in [-0.25, -0.2) is 8.42 Å². The lowest BCUT2D eigenvalue weighted by Crippen LogP contribution is -2.21. The minimum absolute atomic E-state index is 0.234. The SMILES string of the molecule is N#C/C(=N\Nc1ccc(S(=O)(=O)C2CCCC2)cc1)C(=N)N. The molecule has 7 nitrogen and oxygen atoms in total. The summed E-state index contributed by atoms with van der Waals surface area (Å²) in [5.74, 6) is -0.435. The van der Waals surface area contributed by atoms with Crippen LogP contribution in [-0.4, -0.2) is 25.2 Å². The number of anilines is 1. The van der Waals surface area contributed by atoms with E-state index in [1.807, 2.05) is 0 Å². The zero-order valence-electron chi connectivity index (χ0n) is 11.9. The summed E-state index contributed by atoms with van der Waals surface area (Å²) in [6.07, 6.45) is 3.36. The van der Waals surface area contributed by atoms with Gasteiger partial charge in [0.2, 0.25) is 5.71 Å². The number of hydrogen-bond acceptors (Lipinski definition) is 6. The Hall–Kier alpha value is -2.40. The number of nitrogens with one attached hydrogen (secondary N) is 2. The fourth-order valence-corrected chi connectivity index (χ4v) is 4.23. The highest BCUT2D eigenvalue weighted by Gasteiger charge is 2.29. The standard InChI is InChI=1S/C14H17N5O2S/c15-9-13(14(16)17)19-18-10-5-7-12(8-6-10)22(20,21)11-3-1-2-4-11/h5-8,11,18H,1-4H2,(H3,16,17)/b19-13+. The Kier molecular flexibility index (Phi) is 4.78. The molecule has 1 saturated carbocycles. The molecule has 116 valence electrons. The lowest BCUT2D eigenvalue weighted by molar-refractivity contribution is 0.579. The van der Waals surface area contributed by atoms with E-state index in [2.05, 4.69) is 10.5 Å². The lowest BCUT2D eigenvalue weighted by Gasteiger charge is -2.11. The summed E-state index contributed by atoms with van der Waals surface area (Å²) >= 11 is 0.